The second-order valence-electron chi connectivity index (χ2n) is 4.89. The van der Waals surface area contributed by atoms with Gasteiger partial charge in [-0.1, -0.05) is 19.1 Å². The SMILES string of the molecule is CCCN(CCN(C)C)C(=O)c1ccc(C(N)=S)cn1. The summed E-state index contributed by atoms with van der Waals surface area (Å²) in [5.74, 6) is -0.0526. The van der Waals surface area contributed by atoms with Crippen LogP contribution in [0.3, 0.4) is 0 Å². The molecule has 0 radical (unpaired) electrons. The van der Waals surface area contributed by atoms with E-state index in [1.807, 2.05) is 19.0 Å². The van der Waals surface area contributed by atoms with Crippen LogP contribution in [0.2, 0.25) is 0 Å². The molecule has 0 fully saturated rings. The molecule has 0 bridgehead atoms. The Balaban J connectivity index is 2.80. The molecular weight excluding hydrogens is 272 g/mol. The average molecular weight is 294 g/mol. The topological polar surface area (TPSA) is 62.5 Å². The zero-order valence-electron chi connectivity index (χ0n) is 12.3. The first kappa shape index (κ1) is 16.5. The molecule has 1 amide bonds. The van der Waals surface area contributed by atoms with E-state index in [1.165, 1.54) is 0 Å². The maximum atomic E-state index is 12.4. The molecule has 1 aromatic rings. The summed E-state index contributed by atoms with van der Waals surface area (Å²) in [7, 11) is 3.98. The smallest absolute Gasteiger partial charge is 0.272 e. The molecule has 6 heteroatoms. The van der Waals surface area contributed by atoms with Gasteiger partial charge >= 0.3 is 0 Å². The van der Waals surface area contributed by atoms with Crippen LogP contribution in [0.25, 0.3) is 0 Å². The molecule has 110 valence electrons. The Morgan fingerprint density at radius 1 is 1.30 bits per heavy atom. The number of rotatable bonds is 7. The fourth-order valence-corrected chi connectivity index (χ4v) is 1.85. The van der Waals surface area contributed by atoms with E-state index in [1.54, 1.807) is 18.3 Å². The van der Waals surface area contributed by atoms with Crippen molar-refractivity contribution in [1.82, 2.24) is 14.8 Å². The van der Waals surface area contributed by atoms with Crippen LogP contribution >= 0.6 is 12.2 Å². The van der Waals surface area contributed by atoms with E-state index < -0.39 is 0 Å². The third-order valence-electron chi connectivity index (χ3n) is 2.86. The van der Waals surface area contributed by atoms with Crippen LogP contribution < -0.4 is 5.73 Å². The summed E-state index contributed by atoms with van der Waals surface area (Å²) in [4.78, 5) is 20.7. The maximum Gasteiger partial charge on any atom is 0.272 e. The minimum absolute atomic E-state index is 0.0526. The molecule has 1 rings (SSSR count). The van der Waals surface area contributed by atoms with Crippen molar-refractivity contribution >= 4 is 23.1 Å². The van der Waals surface area contributed by atoms with E-state index in [9.17, 15) is 4.79 Å². The van der Waals surface area contributed by atoms with E-state index in [0.29, 0.717) is 17.8 Å². The highest BCUT2D eigenvalue weighted by atomic mass is 32.1. The molecule has 0 spiro atoms. The second-order valence-corrected chi connectivity index (χ2v) is 5.33. The lowest BCUT2D eigenvalue weighted by molar-refractivity contribution is 0.0739. The zero-order valence-corrected chi connectivity index (χ0v) is 13.1. The van der Waals surface area contributed by atoms with Gasteiger partial charge in [0.2, 0.25) is 0 Å². The Labute approximate surface area is 125 Å². The van der Waals surface area contributed by atoms with Crippen LogP contribution in [-0.4, -0.2) is 59.4 Å². The number of aromatic nitrogens is 1. The van der Waals surface area contributed by atoms with Gasteiger partial charge in [-0.15, -0.1) is 0 Å². The lowest BCUT2D eigenvalue weighted by Crippen LogP contribution is -2.37. The van der Waals surface area contributed by atoms with Crippen LogP contribution in [0.5, 0.6) is 0 Å². The van der Waals surface area contributed by atoms with Gasteiger partial charge in [0.25, 0.3) is 5.91 Å². The number of nitrogens with zero attached hydrogens (tertiary/aromatic N) is 3. The number of pyridine rings is 1. The van der Waals surface area contributed by atoms with Crippen molar-refractivity contribution in [1.29, 1.82) is 0 Å². The fraction of sp³-hybridized carbons (Fsp3) is 0.500. The van der Waals surface area contributed by atoms with Crippen LogP contribution in [0.4, 0.5) is 0 Å². The Morgan fingerprint density at radius 3 is 2.45 bits per heavy atom. The van der Waals surface area contributed by atoms with Gasteiger partial charge in [0.1, 0.15) is 10.7 Å². The number of hydrogen-bond donors (Lipinski definition) is 1. The molecule has 0 atom stereocenters. The lowest BCUT2D eigenvalue weighted by Gasteiger charge is -2.23. The summed E-state index contributed by atoms with van der Waals surface area (Å²) >= 11 is 4.87. The first-order chi connectivity index (χ1) is 9.45. The standard InChI is InChI=1S/C14H22N4OS/c1-4-7-18(9-8-17(2)3)14(19)12-6-5-11(10-16-12)13(15)20/h5-6,10H,4,7-9H2,1-3H3,(H2,15,20). The number of hydrogen-bond acceptors (Lipinski definition) is 4. The number of thiocarbonyl (C=S) groups is 1. The normalized spacial score (nSPS) is 10.6. The summed E-state index contributed by atoms with van der Waals surface area (Å²) in [5, 5.41) is 0. The highest BCUT2D eigenvalue weighted by Crippen LogP contribution is 2.05. The van der Waals surface area contributed by atoms with Crippen LogP contribution in [0, 0.1) is 0 Å². The molecule has 0 aromatic carbocycles. The molecule has 0 saturated heterocycles. The molecule has 0 saturated carbocycles. The van der Waals surface area contributed by atoms with Gasteiger partial charge in [0.05, 0.1) is 0 Å². The predicted octanol–water partition coefficient (Wildman–Crippen LogP) is 1.13. The number of amides is 1. The van der Waals surface area contributed by atoms with Crippen molar-refractivity contribution < 1.29 is 4.79 Å². The summed E-state index contributed by atoms with van der Waals surface area (Å²) in [6, 6.07) is 3.41. The third kappa shape index (κ3) is 4.86. The summed E-state index contributed by atoms with van der Waals surface area (Å²) in [5.41, 5.74) is 6.62. The van der Waals surface area contributed by atoms with Crippen LogP contribution in [0.15, 0.2) is 18.3 Å². The van der Waals surface area contributed by atoms with E-state index in [-0.39, 0.29) is 10.9 Å². The molecule has 0 aliphatic heterocycles. The minimum Gasteiger partial charge on any atom is -0.389 e. The maximum absolute atomic E-state index is 12.4. The largest absolute Gasteiger partial charge is 0.389 e. The number of carbonyl (C=O) groups excluding carboxylic acids is 1. The lowest BCUT2D eigenvalue weighted by atomic mass is 10.2. The molecule has 1 heterocycles. The quantitative estimate of drug-likeness (QED) is 0.764. The minimum atomic E-state index is -0.0526. The number of likely N-dealkylation sites (N-methyl/N-ethyl adjacent to an activating group) is 1. The van der Waals surface area contributed by atoms with Crippen LogP contribution in [0.1, 0.15) is 29.4 Å². The Hall–Kier alpha value is -1.53. The van der Waals surface area contributed by atoms with Crippen molar-refractivity contribution in [2.24, 2.45) is 5.73 Å². The number of nitrogens with two attached hydrogens (primary N) is 1. The van der Waals surface area contributed by atoms with E-state index in [2.05, 4.69) is 16.8 Å². The summed E-state index contributed by atoms with van der Waals surface area (Å²) < 4.78 is 0. The van der Waals surface area contributed by atoms with Crippen molar-refractivity contribution in [2.75, 3.05) is 33.7 Å². The fourth-order valence-electron chi connectivity index (χ4n) is 1.73. The van der Waals surface area contributed by atoms with Gasteiger partial charge in [0.15, 0.2) is 0 Å². The van der Waals surface area contributed by atoms with E-state index in [4.69, 9.17) is 18.0 Å². The molecule has 0 aliphatic carbocycles. The first-order valence-electron chi connectivity index (χ1n) is 6.65. The predicted molar refractivity (Wildman–Crippen MR) is 84.9 cm³/mol. The second kappa shape index (κ2) is 7.91. The van der Waals surface area contributed by atoms with Gasteiger partial charge in [-0.05, 0) is 32.6 Å². The molecular formula is C14H22N4OS. The monoisotopic (exact) mass is 294 g/mol. The molecule has 0 unspecified atom stereocenters. The van der Waals surface area contributed by atoms with Gasteiger partial charge in [-0.3, -0.25) is 9.78 Å². The molecule has 0 aliphatic rings. The van der Waals surface area contributed by atoms with Gasteiger partial charge < -0.3 is 15.5 Å². The van der Waals surface area contributed by atoms with Gasteiger partial charge in [-0.25, -0.2) is 0 Å². The summed E-state index contributed by atoms with van der Waals surface area (Å²) in [6.45, 7) is 4.31. The highest BCUT2D eigenvalue weighted by molar-refractivity contribution is 7.80. The van der Waals surface area contributed by atoms with Crippen LogP contribution in [-0.2, 0) is 0 Å². The highest BCUT2D eigenvalue weighted by Gasteiger charge is 2.16. The number of carbonyl (C=O) groups is 1. The van der Waals surface area contributed by atoms with Gasteiger partial charge in [0, 0.05) is 31.4 Å². The molecule has 1 aromatic heterocycles. The third-order valence-corrected chi connectivity index (χ3v) is 3.10. The van der Waals surface area contributed by atoms with Gasteiger partial charge in [-0.2, -0.15) is 0 Å². The Morgan fingerprint density at radius 2 is 2.00 bits per heavy atom. The average Bonchev–Trinajstić information content (AvgIpc) is 2.42. The van der Waals surface area contributed by atoms with E-state index >= 15 is 0 Å². The van der Waals surface area contributed by atoms with Crippen molar-refractivity contribution in [3.63, 3.8) is 0 Å². The zero-order chi connectivity index (χ0) is 15.1. The Kier molecular flexibility index (Phi) is 6.54. The Bertz CT molecular complexity index is 459. The van der Waals surface area contributed by atoms with E-state index in [0.717, 1.165) is 19.5 Å². The van der Waals surface area contributed by atoms with Crippen molar-refractivity contribution in [3.8, 4) is 0 Å². The summed E-state index contributed by atoms with van der Waals surface area (Å²) in [6.07, 6.45) is 2.47. The molecule has 20 heavy (non-hydrogen) atoms. The van der Waals surface area contributed by atoms with Crippen molar-refractivity contribution in [2.45, 2.75) is 13.3 Å². The molecule has 5 nitrogen and oxygen atoms in total. The van der Waals surface area contributed by atoms with Crippen molar-refractivity contribution in [3.05, 3.63) is 29.6 Å². The first-order valence-corrected chi connectivity index (χ1v) is 7.06. The molecule has 2 N–H and O–H groups in total.